The molecule has 0 saturated carbocycles. The van der Waals surface area contributed by atoms with E-state index in [4.69, 9.17) is 4.74 Å². The molecule has 0 bridgehead atoms. The first kappa shape index (κ1) is 27.9. The van der Waals surface area contributed by atoms with E-state index in [0.717, 1.165) is 23.1 Å². The third-order valence-corrected chi connectivity index (χ3v) is 6.49. The molecule has 0 heterocycles. The molecule has 0 radical (unpaired) electrons. The van der Waals surface area contributed by atoms with E-state index >= 15 is 0 Å². The fourth-order valence-corrected chi connectivity index (χ4v) is 4.26. The Bertz CT molecular complexity index is 1440. The van der Waals surface area contributed by atoms with Crippen LogP contribution in [0, 0.1) is 17.5 Å². The van der Waals surface area contributed by atoms with Crippen molar-refractivity contribution in [2.45, 2.75) is 32.3 Å². The molecule has 0 amide bonds. The van der Waals surface area contributed by atoms with Crippen molar-refractivity contribution in [2.24, 2.45) is 0 Å². The average molecular weight is 529 g/mol. The van der Waals surface area contributed by atoms with Gasteiger partial charge in [-0.1, -0.05) is 98.3 Å². The van der Waals surface area contributed by atoms with Crippen LogP contribution in [0.15, 0.2) is 91.5 Å². The summed E-state index contributed by atoms with van der Waals surface area (Å²) in [7, 11) is 0. The Morgan fingerprint density at radius 2 is 1.51 bits per heavy atom. The zero-order chi connectivity index (χ0) is 27.8. The van der Waals surface area contributed by atoms with Crippen LogP contribution in [0.2, 0.25) is 0 Å². The second kappa shape index (κ2) is 13.1. The predicted molar refractivity (Wildman–Crippen MR) is 153 cm³/mol. The average Bonchev–Trinajstić information content (AvgIpc) is 2.95. The van der Waals surface area contributed by atoms with Gasteiger partial charge in [-0.25, -0.2) is 13.2 Å². The summed E-state index contributed by atoms with van der Waals surface area (Å²) in [6, 6.07) is 22.1. The quantitative estimate of drug-likeness (QED) is 0.119. The Hall–Kier alpha value is -4.09. The van der Waals surface area contributed by atoms with Crippen molar-refractivity contribution in [1.82, 2.24) is 0 Å². The molecule has 0 aliphatic carbocycles. The second-order valence-electron chi connectivity index (χ2n) is 9.28. The molecule has 1 N–H and O–H groups in total. The largest absolute Gasteiger partial charge is 0.490 e. The molecule has 0 spiro atoms. The minimum absolute atomic E-state index is 0.129. The third-order valence-electron chi connectivity index (χ3n) is 6.49. The molecule has 1 atom stereocenters. The summed E-state index contributed by atoms with van der Waals surface area (Å²) in [5.74, 6) is -2.09. The van der Waals surface area contributed by atoms with E-state index in [1.165, 1.54) is 12.1 Å². The van der Waals surface area contributed by atoms with E-state index in [0.29, 0.717) is 30.6 Å². The Labute approximate surface area is 227 Å². The Morgan fingerprint density at radius 3 is 2.18 bits per heavy atom. The highest BCUT2D eigenvalue weighted by atomic mass is 19.2. The van der Waals surface area contributed by atoms with E-state index < -0.39 is 23.6 Å². The van der Waals surface area contributed by atoms with Gasteiger partial charge in [0.25, 0.3) is 0 Å². The van der Waals surface area contributed by atoms with Crippen LogP contribution in [0.1, 0.15) is 49.0 Å². The van der Waals surface area contributed by atoms with E-state index in [2.05, 4.69) is 6.58 Å². The molecule has 0 aliphatic heterocycles. The Morgan fingerprint density at radius 1 is 0.821 bits per heavy atom. The van der Waals surface area contributed by atoms with Crippen LogP contribution in [0.4, 0.5) is 13.2 Å². The number of halogens is 3. The van der Waals surface area contributed by atoms with Crippen molar-refractivity contribution in [1.29, 1.82) is 0 Å². The van der Waals surface area contributed by atoms with E-state index in [1.54, 1.807) is 60.7 Å². The van der Waals surface area contributed by atoms with Crippen LogP contribution in [0.3, 0.4) is 0 Å². The summed E-state index contributed by atoms with van der Waals surface area (Å²) in [6.07, 6.45) is 6.49. The zero-order valence-corrected chi connectivity index (χ0v) is 21.8. The van der Waals surface area contributed by atoms with Crippen molar-refractivity contribution in [2.75, 3.05) is 6.61 Å². The molecule has 200 valence electrons. The number of aliphatic hydroxyl groups is 1. The molecule has 5 heteroatoms. The highest BCUT2D eigenvalue weighted by Crippen LogP contribution is 2.30. The molecular formula is C34H31F3O2. The van der Waals surface area contributed by atoms with Gasteiger partial charge in [-0.2, -0.15) is 0 Å². The van der Waals surface area contributed by atoms with Crippen molar-refractivity contribution in [3.63, 3.8) is 0 Å². The first-order chi connectivity index (χ1) is 18.9. The molecule has 4 rings (SSSR count). The summed E-state index contributed by atoms with van der Waals surface area (Å²) in [4.78, 5) is 0. The van der Waals surface area contributed by atoms with Gasteiger partial charge in [-0.05, 0) is 52.8 Å². The lowest BCUT2D eigenvalue weighted by molar-refractivity contribution is 0.166. The fraction of sp³-hybridized carbons (Fsp3) is 0.176. The number of ether oxygens (including phenoxy) is 1. The molecule has 2 nitrogen and oxygen atoms in total. The summed E-state index contributed by atoms with van der Waals surface area (Å²) in [5, 5.41) is 10.1. The topological polar surface area (TPSA) is 29.5 Å². The monoisotopic (exact) mass is 528 g/mol. The minimum atomic E-state index is -0.929. The van der Waals surface area contributed by atoms with E-state index in [9.17, 15) is 18.3 Å². The highest BCUT2D eigenvalue weighted by molar-refractivity contribution is 5.74. The van der Waals surface area contributed by atoms with Crippen molar-refractivity contribution >= 4 is 12.2 Å². The minimum Gasteiger partial charge on any atom is -0.490 e. The maximum atomic E-state index is 14.9. The van der Waals surface area contributed by atoms with Gasteiger partial charge in [0.15, 0.2) is 23.2 Å². The van der Waals surface area contributed by atoms with Gasteiger partial charge in [0.2, 0.25) is 0 Å². The first-order valence-electron chi connectivity index (χ1n) is 13.0. The standard InChI is InChI=1S/C34H31F3O2/c1-3-5-21-39-32-20-18-28(22-30(32)35)24-10-7-23(8-11-24)9-12-27-17-19-29(34(37)33(27)36)25-13-15-26(16-14-25)31(38)6-4-2/h3,7-20,22,31,38H,1,4-6,21H2,2H3/b12-9+. The van der Waals surface area contributed by atoms with Crippen molar-refractivity contribution in [3.05, 3.63) is 126 Å². The lowest BCUT2D eigenvalue weighted by Gasteiger charge is -2.11. The van der Waals surface area contributed by atoms with Gasteiger partial charge in [-0.15, -0.1) is 6.58 Å². The number of rotatable bonds is 11. The number of hydrogen-bond acceptors (Lipinski definition) is 2. The van der Waals surface area contributed by atoms with Crippen LogP contribution in [0.25, 0.3) is 34.4 Å². The summed E-state index contributed by atoms with van der Waals surface area (Å²) < 4.78 is 49.6. The van der Waals surface area contributed by atoms with Gasteiger partial charge in [-0.3, -0.25) is 0 Å². The lowest BCUT2D eigenvalue weighted by atomic mass is 9.98. The van der Waals surface area contributed by atoms with Crippen LogP contribution >= 0.6 is 0 Å². The maximum absolute atomic E-state index is 14.9. The molecular weight excluding hydrogens is 497 g/mol. The lowest BCUT2D eigenvalue weighted by Crippen LogP contribution is -1.97. The summed E-state index contributed by atoms with van der Waals surface area (Å²) in [5.41, 5.74) is 3.89. The Balaban J connectivity index is 1.46. The smallest absolute Gasteiger partial charge is 0.167 e. The fourth-order valence-electron chi connectivity index (χ4n) is 4.26. The molecule has 39 heavy (non-hydrogen) atoms. The van der Waals surface area contributed by atoms with Crippen molar-refractivity contribution in [3.8, 4) is 28.0 Å². The van der Waals surface area contributed by atoms with Crippen LogP contribution < -0.4 is 4.74 Å². The molecule has 4 aromatic carbocycles. The number of benzene rings is 4. The van der Waals surface area contributed by atoms with Gasteiger partial charge in [0, 0.05) is 11.1 Å². The highest BCUT2D eigenvalue weighted by Gasteiger charge is 2.14. The maximum Gasteiger partial charge on any atom is 0.167 e. The third kappa shape index (κ3) is 6.87. The summed E-state index contributed by atoms with van der Waals surface area (Å²) in [6.45, 7) is 5.98. The zero-order valence-electron chi connectivity index (χ0n) is 21.8. The van der Waals surface area contributed by atoms with Gasteiger partial charge < -0.3 is 9.84 Å². The van der Waals surface area contributed by atoms with E-state index in [-0.39, 0.29) is 16.9 Å². The number of aliphatic hydroxyl groups excluding tert-OH is 1. The SMILES string of the molecule is C=CCCOc1ccc(-c2ccc(/C=C/c3ccc(-c4ccc(C(O)CCC)cc4)c(F)c3F)cc2)cc1F. The van der Waals surface area contributed by atoms with Crippen LogP contribution in [-0.4, -0.2) is 11.7 Å². The molecule has 0 aromatic heterocycles. The molecule has 0 saturated heterocycles. The number of hydrogen-bond donors (Lipinski definition) is 1. The Kier molecular flexibility index (Phi) is 9.40. The molecule has 4 aromatic rings. The van der Waals surface area contributed by atoms with Gasteiger partial charge in [0.1, 0.15) is 0 Å². The predicted octanol–water partition coefficient (Wildman–Crippen LogP) is 9.40. The normalized spacial score (nSPS) is 12.0. The molecule has 0 aliphatic rings. The molecule has 0 fully saturated rings. The van der Waals surface area contributed by atoms with E-state index in [1.807, 2.05) is 31.2 Å². The first-order valence-corrected chi connectivity index (χ1v) is 13.0. The molecule has 1 unspecified atom stereocenters. The van der Waals surface area contributed by atoms with Crippen molar-refractivity contribution < 1.29 is 23.0 Å². The van der Waals surface area contributed by atoms with Crippen LogP contribution in [-0.2, 0) is 0 Å². The second-order valence-corrected chi connectivity index (χ2v) is 9.28. The van der Waals surface area contributed by atoms with Gasteiger partial charge in [0.05, 0.1) is 12.7 Å². The summed E-state index contributed by atoms with van der Waals surface area (Å²) >= 11 is 0. The van der Waals surface area contributed by atoms with Gasteiger partial charge >= 0.3 is 0 Å². The van der Waals surface area contributed by atoms with Crippen LogP contribution in [0.5, 0.6) is 5.75 Å².